The largest absolute Gasteiger partial charge is 0.507 e. The average molecular weight is 381 g/mol. The quantitative estimate of drug-likeness (QED) is 0.857. The summed E-state index contributed by atoms with van der Waals surface area (Å²) in [7, 11) is 0. The molecular formula is C17H21BrN2O3. The van der Waals surface area contributed by atoms with Crippen LogP contribution >= 0.6 is 15.9 Å². The second-order valence-electron chi connectivity index (χ2n) is 6.26. The predicted molar refractivity (Wildman–Crippen MR) is 90.2 cm³/mol. The zero-order valence-corrected chi connectivity index (χ0v) is 14.6. The number of carbonyl (C=O) groups excluding carboxylic acids is 2. The molecule has 1 aliphatic carbocycles. The summed E-state index contributed by atoms with van der Waals surface area (Å²) in [5.74, 6) is 0.241. The molecule has 3 rings (SSSR count). The van der Waals surface area contributed by atoms with Crippen LogP contribution in [0.4, 0.5) is 0 Å². The molecule has 1 saturated carbocycles. The van der Waals surface area contributed by atoms with Crippen molar-refractivity contribution in [3.63, 3.8) is 0 Å². The van der Waals surface area contributed by atoms with Crippen molar-refractivity contribution in [2.75, 3.05) is 26.2 Å². The molecule has 1 heterocycles. The molecule has 5 nitrogen and oxygen atoms in total. The van der Waals surface area contributed by atoms with Crippen molar-refractivity contribution in [1.82, 2.24) is 9.80 Å². The lowest BCUT2D eigenvalue weighted by atomic mass is 10.1. The van der Waals surface area contributed by atoms with E-state index in [4.69, 9.17) is 0 Å². The Labute approximate surface area is 144 Å². The van der Waals surface area contributed by atoms with Gasteiger partial charge in [0.1, 0.15) is 5.75 Å². The molecule has 0 spiro atoms. The number of phenols is 1. The van der Waals surface area contributed by atoms with Gasteiger partial charge in [0.15, 0.2) is 0 Å². The Morgan fingerprint density at radius 2 is 1.65 bits per heavy atom. The molecule has 0 aromatic heterocycles. The Balaban J connectivity index is 1.61. The summed E-state index contributed by atoms with van der Waals surface area (Å²) in [6.45, 7) is 2.19. The molecule has 0 radical (unpaired) electrons. The lowest BCUT2D eigenvalue weighted by Gasteiger charge is -2.36. The fourth-order valence-electron chi connectivity index (χ4n) is 3.41. The van der Waals surface area contributed by atoms with Crippen LogP contribution < -0.4 is 0 Å². The van der Waals surface area contributed by atoms with Crippen LogP contribution in [0.2, 0.25) is 0 Å². The molecule has 6 heteroatoms. The lowest BCUT2D eigenvalue weighted by molar-refractivity contribution is -0.136. The van der Waals surface area contributed by atoms with E-state index in [1.807, 2.05) is 4.90 Å². The number of aromatic hydroxyl groups is 1. The number of nitrogens with zero attached hydrogens (tertiary/aromatic N) is 2. The van der Waals surface area contributed by atoms with Gasteiger partial charge in [-0.05, 0) is 31.0 Å². The fourth-order valence-corrected chi connectivity index (χ4v) is 3.77. The van der Waals surface area contributed by atoms with Crippen LogP contribution in [0.1, 0.15) is 36.0 Å². The van der Waals surface area contributed by atoms with E-state index in [1.54, 1.807) is 17.0 Å². The van der Waals surface area contributed by atoms with Gasteiger partial charge in [0.05, 0.1) is 5.56 Å². The second-order valence-corrected chi connectivity index (χ2v) is 7.18. The number of piperazine rings is 1. The van der Waals surface area contributed by atoms with Crippen molar-refractivity contribution in [3.8, 4) is 5.75 Å². The van der Waals surface area contributed by atoms with Gasteiger partial charge >= 0.3 is 0 Å². The molecule has 2 amide bonds. The molecule has 1 aromatic carbocycles. The van der Waals surface area contributed by atoms with Crippen LogP contribution in [0.3, 0.4) is 0 Å². The number of benzene rings is 1. The standard InChI is InChI=1S/C17H21BrN2O3/c18-13-5-6-15(21)14(11-13)17(23)20-9-7-19(8-10-20)16(22)12-3-1-2-4-12/h5-6,11-12,21H,1-4,7-10H2. The molecule has 1 saturated heterocycles. The van der Waals surface area contributed by atoms with Gasteiger partial charge in [0, 0.05) is 36.6 Å². The lowest BCUT2D eigenvalue weighted by Crippen LogP contribution is -2.51. The van der Waals surface area contributed by atoms with E-state index in [9.17, 15) is 14.7 Å². The highest BCUT2D eigenvalue weighted by Crippen LogP contribution is 2.27. The molecule has 2 aliphatic rings. The smallest absolute Gasteiger partial charge is 0.257 e. The molecule has 0 atom stereocenters. The highest BCUT2D eigenvalue weighted by Gasteiger charge is 2.31. The van der Waals surface area contributed by atoms with E-state index in [0.717, 1.165) is 30.2 Å². The first-order chi connectivity index (χ1) is 11.1. The van der Waals surface area contributed by atoms with Gasteiger partial charge in [-0.2, -0.15) is 0 Å². The molecule has 23 heavy (non-hydrogen) atoms. The number of halogens is 1. The molecule has 1 N–H and O–H groups in total. The zero-order chi connectivity index (χ0) is 16.4. The van der Waals surface area contributed by atoms with Crippen LogP contribution in [0, 0.1) is 5.92 Å². The maximum atomic E-state index is 12.5. The summed E-state index contributed by atoms with van der Waals surface area (Å²) in [6.07, 6.45) is 4.31. The Kier molecular flexibility index (Phi) is 4.90. The third-order valence-electron chi connectivity index (χ3n) is 4.77. The van der Waals surface area contributed by atoms with Crippen LogP contribution in [-0.2, 0) is 4.79 Å². The summed E-state index contributed by atoms with van der Waals surface area (Å²) in [5, 5.41) is 9.89. The minimum atomic E-state index is -0.184. The number of carbonyl (C=O) groups is 2. The van der Waals surface area contributed by atoms with Crippen LogP contribution in [0.5, 0.6) is 5.75 Å². The molecule has 124 valence electrons. The number of amides is 2. The number of phenolic OH excluding ortho intramolecular Hbond substituents is 1. The third kappa shape index (κ3) is 3.52. The van der Waals surface area contributed by atoms with Crippen LogP contribution in [0.15, 0.2) is 22.7 Å². The maximum absolute atomic E-state index is 12.5. The van der Waals surface area contributed by atoms with Gasteiger partial charge in [-0.1, -0.05) is 28.8 Å². The van der Waals surface area contributed by atoms with E-state index in [0.29, 0.717) is 31.7 Å². The highest BCUT2D eigenvalue weighted by molar-refractivity contribution is 9.10. The third-order valence-corrected chi connectivity index (χ3v) is 5.27. The van der Waals surface area contributed by atoms with E-state index >= 15 is 0 Å². The maximum Gasteiger partial charge on any atom is 0.257 e. The first kappa shape index (κ1) is 16.3. The minimum absolute atomic E-state index is 0.0114. The summed E-state index contributed by atoms with van der Waals surface area (Å²) < 4.78 is 0.758. The number of hydrogen-bond donors (Lipinski definition) is 1. The van der Waals surface area contributed by atoms with Crippen LogP contribution in [-0.4, -0.2) is 52.9 Å². The monoisotopic (exact) mass is 380 g/mol. The second kappa shape index (κ2) is 6.91. The van der Waals surface area contributed by atoms with E-state index in [1.165, 1.54) is 6.07 Å². The normalized spacial score (nSPS) is 19.2. The molecule has 0 bridgehead atoms. The number of rotatable bonds is 2. The molecule has 1 aromatic rings. The van der Waals surface area contributed by atoms with E-state index in [2.05, 4.69) is 15.9 Å². The van der Waals surface area contributed by atoms with Crippen molar-refractivity contribution >= 4 is 27.7 Å². The van der Waals surface area contributed by atoms with Crippen molar-refractivity contribution in [1.29, 1.82) is 0 Å². The Hall–Kier alpha value is -1.56. The Morgan fingerprint density at radius 3 is 2.30 bits per heavy atom. The Bertz CT molecular complexity index is 606. The highest BCUT2D eigenvalue weighted by atomic mass is 79.9. The topological polar surface area (TPSA) is 60.9 Å². The van der Waals surface area contributed by atoms with Gasteiger partial charge in [0.25, 0.3) is 5.91 Å². The van der Waals surface area contributed by atoms with E-state index < -0.39 is 0 Å². The van der Waals surface area contributed by atoms with Crippen LogP contribution in [0.25, 0.3) is 0 Å². The Morgan fingerprint density at radius 1 is 1.04 bits per heavy atom. The summed E-state index contributed by atoms with van der Waals surface area (Å²) in [4.78, 5) is 28.6. The van der Waals surface area contributed by atoms with Crippen molar-refractivity contribution < 1.29 is 14.7 Å². The average Bonchev–Trinajstić information content (AvgIpc) is 3.10. The van der Waals surface area contributed by atoms with Gasteiger partial charge in [0.2, 0.25) is 5.91 Å². The first-order valence-corrected chi connectivity index (χ1v) is 8.92. The van der Waals surface area contributed by atoms with Gasteiger partial charge in [-0.25, -0.2) is 0 Å². The van der Waals surface area contributed by atoms with E-state index in [-0.39, 0.29) is 23.5 Å². The summed E-state index contributed by atoms with van der Waals surface area (Å²) in [5.41, 5.74) is 0.301. The first-order valence-electron chi connectivity index (χ1n) is 8.13. The zero-order valence-electron chi connectivity index (χ0n) is 13.0. The minimum Gasteiger partial charge on any atom is -0.507 e. The van der Waals surface area contributed by atoms with Gasteiger partial charge < -0.3 is 14.9 Å². The fraction of sp³-hybridized carbons (Fsp3) is 0.529. The van der Waals surface area contributed by atoms with Crippen molar-refractivity contribution in [3.05, 3.63) is 28.2 Å². The summed E-state index contributed by atoms with van der Waals surface area (Å²) >= 11 is 3.32. The van der Waals surface area contributed by atoms with Crippen molar-refractivity contribution in [2.45, 2.75) is 25.7 Å². The van der Waals surface area contributed by atoms with Gasteiger partial charge in [-0.3, -0.25) is 9.59 Å². The molecule has 0 unspecified atom stereocenters. The SMILES string of the molecule is O=C(c1cc(Br)ccc1O)N1CCN(C(=O)C2CCCC2)CC1. The molecular weight excluding hydrogens is 360 g/mol. The molecule has 1 aliphatic heterocycles. The number of hydrogen-bond acceptors (Lipinski definition) is 3. The van der Waals surface area contributed by atoms with Crippen molar-refractivity contribution in [2.24, 2.45) is 5.92 Å². The predicted octanol–water partition coefficient (Wildman–Crippen LogP) is 2.63. The molecule has 2 fully saturated rings. The van der Waals surface area contributed by atoms with Gasteiger partial charge in [-0.15, -0.1) is 0 Å². The summed E-state index contributed by atoms with van der Waals surface area (Å²) in [6, 6.07) is 4.84.